The number of urea groups is 1. The summed E-state index contributed by atoms with van der Waals surface area (Å²) >= 11 is 0. The van der Waals surface area contributed by atoms with Gasteiger partial charge in [-0.3, -0.25) is 4.79 Å². The standard InChI is InChI=1S/C14H24N2O3/c1-11-4-8-15(9-5-11)13(19)16-7-3-6-14(2,10-16)12(17)18/h11H,3-10H2,1-2H3,(H,17,18). The molecule has 2 aliphatic heterocycles. The number of hydrogen-bond acceptors (Lipinski definition) is 2. The Labute approximate surface area is 114 Å². The van der Waals surface area contributed by atoms with Gasteiger partial charge in [0.1, 0.15) is 0 Å². The Hall–Kier alpha value is -1.26. The number of piperidine rings is 2. The lowest BCUT2D eigenvalue weighted by Crippen LogP contribution is -2.53. The fourth-order valence-electron chi connectivity index (χ4n) is 2.98. The summed E-state index contributed by atoms with van der Waals surface area (Å²) in [7, 11) is 0. The Kier molecular flexibility index (Phi) is 4.02. The molecule has 1 atom stereocenters. The molecule has 2 fully saturated rings. The first kappa shape index (κ1) is 14.2. The van der Waals surface area contributed by atoms with Crippen LogP contribution >= 0.6 is 0 Å². The van der Waals surface area contributed by atoms with Crippen LogP contribution in [-0.2, 0) is 4.79 Å². The smallest absolute Gasteiger partial charge is 0.320 e. The normalized spacial score (nSPS) is 29.4. The molecule has 5 nitrogen and oxygen atoms in total. The minimum atomic E-state index is -0.794. The molecule has 0 aromatic carbocycles. The highest BCUT2D eigenvalue weighted by molar-refractivity contribution is 5.78. The van der Waals surface area contributed by atoms with Gasteiger partial charge in [-0.1, -0.05) is 6.92 Å². The second-order valence-corrected chi connectivity index (χ2v) is 6.34. The maximum Gasteiger partial charge on any atom is 0.320 e. The number of carbonyl (C=O) groups excluding carboxylic acids is 1. The average molecular weight is 268 g/mol. The molecule has 2 rings (SSSR count). The van der Waals surface area contributed by atoms with Gasteiger partial charge in [0.05, 0.1) is 5.41 Å². The van der Waals surface area contributed by atoms with Crippen LogP contribution in [0.5, 0.6) is 0 Å². The van der Waals surface area contributed by atoms with E-state index in [2.05, 4.69) is 6.92 Å². The molecule has 1 N–H and O–H groups in total. The largest absolute Gasteiger partial charge is 0.481 e. The predicted octanol–water partition coefficient (Wildman–Crippen LogP) is 2.03. The lowest BCUT2D eigenvalue weighted by Gasteiger charge is -2.41. The Morgan fingerprint density at radius 3 is 2.37 bits per heavy atom. The molecule has 0 aromatic heterocycles. The van der Waals surface area contributed by atoms with Gasteiger partial charge in [-0.15, -0.1) is 0 Å². The van der Waals surface area contributed by atoms with Gasteiger partial charge in [0.25, 0.3) is 0 Å². The summed E-state index contributed by atoms with van der Waals surface area (Å²) in [5, 5.41) is 9.29. The Morgan fingerprint density at radius 2 is 1.79 bits per heavy atom. The third kappa shape index (κ3) is 3.01. The summed E-state index contributed by atoms with van der Waals surface area (Å²) in [6, 6.07) is 0.0269. The van der Waals surface area contributed by atoms with E-state index in [0.717, 1.165) is 32.4 Å². The molecule has 0 spiro atoms. The van der Waals surface area contributed by atoms with Gasteiger partial charge in [0.15, 0.2) is 0 Å². The first-order valence-electron chi connectivity index (χ1n) is 7.19. The molecule has 0 aromatic rings. The van der Waals surface area contributed by atoms with Crippen LogP contribution < -0.4 is 0 Å². The van der Waals surface area contributed by atoms with Crippen molar-refractivity contribution in [1.82, 2.24) is 9.80 Å². The van der Waals surface area contributed by atoms with E-state index >= 15 is 0 Å². The van der Waals surface area contributed by atoms with Gasteiger partial charge in [-0.25, -0.2) is 4.79 Å². The highest BCUT2D eigenvalue weighted by atomic mass is 16.4. The molecule has 2 amide bonds. The van der Waals surface area contributed by atoms with Gasteiger partial charge < -0.3 is 14.9 Å². The van der Waals surface area contributed by atoms with Crippen molar-refractivity contribution in [2.45, 2.75) is 39.5 Å². The van der Waals surface area contributed by atoms with Crippen LogP contribution in [0.2, 0.25) is 0 Å². The Morgan fingerprint density at radius 1 is 1.16 bits per heavy atom. The first-order chi connectivity index (χ1) is 8.92. The maximum absolute atomic E-state index is 12.4. The molecule has 2 aliphatic rings. The van der Waals surface area contributed by atoms with Crippen LogP contribution in [0.3, 0.4) is 0 Å². The van der Waals surface area contributed by atoms with Crippen molar-refractivity contribution < 1.29 is 14.7 Å². The molecular formula is C14H24N2O3. The topological polar surface area (TPSA) is 60.9 Å². The summed E-state index contributed by atoms with van der Waals surface area (Å²) in [6.45, 7) is 6.60. The number of nitrogens with zero attached hydrogens (tertiary/aromatic N) is 2. The average Bonchev–Trinajstić information content (AvgIpc) is 2.39. The number of amides is 2. The molecule has 2 heterocycles. The van der Waals surface area contributed by atoms with Crippen molar-refractivity contribution in [3.63, 3.8) is 0 Å². The Balaban J connectivity index is 1.97. The molecule has 0 aliphatic carbocycles. The van der Waals surface area contributed by atoms with E-state index in [0.29, 0.717) is 25.4 Å². The van der Waals surface area contributed by atoms with Crippen LogP contribution in [0.25, 0.3) is 0 Å². The molecule has 2 saturated heterocycles. The summed E-state index contributed by atoms with van der Waals surface area (Å²) in [5.41, 5.74) is -0.781. The van der Waals surface area contributed by atoms with Crippen molar-refractivity contribution in [1.29, 1.82) is 0 Å². The van der Waals surface area contributed by atoms with Crippen molar-refractivity contribution in [3.05, 3.63) is 0 Å². The number of carboxylic acid groups (broad SMARTS) is 1. The fraction of sp³-hybridized carbons (Fsp3) is 0.857. The van der Waals surface area contributed by atoms with E-state index in [1.54, 1.807) is 11.8 Å². The highest BCUT2D eigenvalue weighted by Crippen LogP contribution is 2.30. The molecule has 1 unspecified atom stereocenters. The lowest BCUT2D eigenvalue weighted by atomic mass is 9.82. The molecule has 0 radical (unpaired) electrons. The molecular weight excluding hydrogens is 244 g/mol. The monoisotopic (exact) mass is 268 g/mol. The highest BCUT2D eigenvalue weighted by Gasteiger charge is 2.40. The van der Waals surface area contributed by atoms with Crippen LogP contribution in [0.15, 0.2) is 0 Å². The molecule has 0 saturated carbocycles. The molecule has 108 valence electrons. The minimum absolute atomic E-state index is 0.0269. The van der Waals surface area contributed by atoms with Crippen molar-refractivity contribution in [2.24, 2.45) is 11.3 Å². The van der Waals surface area contributed by atoms with Gasteiger partial charge in [0.2, 0.25) is 0 Å². The summed E-state index contributed by atoms with van der Waals surface area (Å²) in [4.78, 5) is 27.4. The van der Waals surface area contributed by atoms with Crippen LogP contribution in [-0.4, -0.2) is 53.1 Å². The number of likely N-dealkylation sites (tertiary alicyclic amines) is 2. The summed E-state index contributed by atoms with van der Waals surface area (Å²) in [5.74, 6) is -0.105. The molecule has 0 bridgehead atoms. The third-order valence-electron chi connectivity index (χ3n) is 4.54. The first-order valence-corrected chi connectivity index (χ1v) is 7.19. The summed E-state index contributed by atoms with van der Waals surface area (Å²) < 4.78 is 0. The zero-order valence-corrected chi connectivity index (χ0v) is 11.9. The van der Waals surface area contributed by atoms with Crippen molar-refractivity contribution >= 4 is 12.0 Å². The maximum atomic E-state index is 12.4. The number of carboxylic acids is 1. The van der Waals surface area contributed by atoms with Crippen LogP contribution in [0.1, 0.15) is 39.5 Å². The SMILES string of the molecule is CC1CCN(C(=O)N2CCCC(C)(C(=O)O)C2)CC1. The fourth-order valence-corrected chi connectivity index (χ4v) is 2.98. The zero-order valence-electron chi connectivity index (χ0n) is 11.9. The van der Waals surface area contributed by atoms with Gasteiger partial charge >= 0.3 is 12.0 Å². The van der Waals surface area contributed by atoms with Gasteiger partial charge in [0, 0.05) is 26.2 Å². The Bertz CT molecular complexity index is 364. The van der Waals surface area contributed by atoms with E-state index in [1.165, 1.54) is 0 Å². The van der Waals surface area contributed by atoms with Crippen molar-refractivity contribution in [2.75, 3.05) is 26.2 Å². The van der Waals surface area contributed by atoms with Gasteiger partial charge in [-0.05, 0) is 38.5 Å². The van der Waals surface area contributed by atoms with Crippen molar-refractivity contribution in [3.8, 4) is 0 Å². The summed E-state index contributed by atoms with van der Waals surface area (Å²) in [6.07, 6.45) is 3.54. The quantitative estimate of drug-likeness (QED) is 0.791. The lowest BCUT2D eigenvalue weighted by molar-refractivity contribution is -0.150. The minimum Gasteiger partial charge on any atom is -0.481 e. The van der Waals surface area contributed by atoms with E-state index in [-0.39, 0.29) is 6.03 Å². The number of rotatable bonds is 1. The second kappa shape index (κ2) is 5.39. The van der Waals surface area contributed by atoms with E-state index in [4.69, 9.17) is 0 Å². The number of carbonyl (C=O) groups is 2. The van der Waals surface area contributed by atoms with Gasteiger partial charge in [-0.2, -0.15) is 0 Å². The molecule has 5 heteroatoms. The van der Waals surface area contributed by atoms with E-state index in [9.17, 15) is 14.7 Å². The van der Waals surface area contributed by atoms with E-state index < -0.39 is 11.4 Å². The predicted molar refractivity (Wildman–Crippen MR) is 71.9 cm³/mol. The van der Waals surface area contributed by atoms with Crippen LogP contribution in [0.4, 0.5) is 4.79 Å². The van der Waals surface area contributed by atoms with Crippen LogP contribution in [0, 0.1) is 11.3 Å². The number of hydrogen-bond donors (Lipinski definition) is 1. The van der Waals surface area contributed by atoms with E-state index in [1.807, 2.05) is 4.90 Å². The third-order valence-corrected chi connectivity index (χ3v) is 4.54. The molecule has 19 heavy (non-hydrogen) atoms. The number of aliphatic carboxylic acids is 1. The second-order valence-electron chi connectivity index (χ2n) is 6.34. The zero-order chi connectivity index (χ0) is 14.0.